The monoisotopic (exact) mass is 284 g/mol. The molecule has 1 nitrogen and oxygen atoms in total. The summed E-state index contributed by atoms with van der Waals surface area (Å²) in [6.07, 6.45) is 0. The molecule has 86 valence electrons. The van der Waals surface area contributed by atoms with Crippen LogP contribution in [-0.2, 0) is 4.74 Å². The molecule has 0 atom stereocenters. The zero-order chi connectivity index (χ0) is 11.7. The molecule has 0 fully saturated rings. The topological polar surface area (TPSA) is 9.23 Å². The minimum absolute atomic E-state index is 0.833. The van der Waals surface area contributed by atoms with Gasteiger partial charge >= 0.3 is 6.00 Å². The minimum Gasteiger partial charge on any atom is -0.382 e. The van der Waals surface area contributed by atoms with E-state index in [9.17, 15) is 0 Å². The standard InChI is InChI=1S/C6H5Cl3Si.C4H10O/c7-10(8,9)6-4-2-1-3-5-6;1-3-5-4-2/h1-5H;3-4H2,1-2H3. The van der Waals surface area contributed by atoms with Crippen molar-refractivity contribution in [2.24, 2.45) is 0 Å². The Balaban J connectivity index is 0.000000336. The molecule has 1 rings (SSSR count). The van der Waals surface area contributed by atoms with E-state index in [0.717, 1.165) is 18.4 Å². The molecule has 0 bridgehead atoms. The summed E-state index contributed by atoms with van der Waals surface area (Å²) in [4.78, 5) is 0. The first-order chi connectivity index (χ1) is 7.02. The molecule has 0 spiro atoms. The predicted octanol–water partition coefficient (Wildman–Crippen LogP) is 3.59. The van der Waals surface area contributed by atoms with Crippen molar-refractivity contribution in [2.75, 3.05) is 13.2 Å². The van der Waals surface area contributed by atoms with Gasteiger partial charge in [0.2, 0.25) is 0 Å². The van der Waals surface area contributed by atoms with E-state index in [4.69, 9.17) is 38.0 Å². The summed E-state index contributed by atoms with van der Waals surface area (Å²) < 4.78 is 4.83. The summed E-state index contributed by atoms with van der Waals surface area (Å²) in [5.41, 5.74) is 0. The first-order valence-electron chi connectivity index (χ1n) is 4.72. The van der Waals surface area contributed by atoms with Gasteiger partial charge in [-0.15, -0.1) is 33.2 Å². The van der Waals surface area contributed by atoms with Crippen LogP contribution in [0.4, 0.5) is 0 Å². The lowest BCUT2D eigenvalue weighted by Gasteiger charge is -2.05. The van der Waals surface area contributed by atoms with E-state index in [2.05, 4.69) is 0 Å². The van der Waals surface area contributed by atoms with Gasteiger partial charge in [0.1, 0.15) is 0 Å². The Hall–Kier alpha value is 0.267. The van der Waals surface area contributed by atoms with Gasteiger partial charge in [-0.1, -0.05) is 30.3 Å². The normalized spacial score (nSPS) is 10.5. The number of rotatable bonds is 3. The molecule has 0 aliphatic rings. The molecule has 0 saturated heterocycles. The fourth-order valence-electron chi connectivity index (χ4n) is 0.831. The van der Waals surface area contributed by atoms with Gasteiger partial charge in [-0.3, -0.25) is 0 Å². The summed E-state index contributed by atoms with van der Waals surface area (Å²) >= 11 is 17.2. The fourth-order valence-corrected chi connectivity index (χ4v) is 2.54. The fraction of sp³-hybridized carbons (Fsp3) is 0.400. The predicted molar refractivity (Wildman–Crippen MR) is 71.6 cm³/mol. The minimum atomic E-state index is -2.62. The number of hydrogen-bond donors (Lipinski definition) is 0. The van der Waals surface area contributed by atoms with E-state index in [-0.39, 0.29) is 0 Å². The zero-order valence-corrected chi connectivity index (χ0v) is 12.1. The second-order valence-corrected chi connectivity index (χ2v) is 11.1. The van der Waals surface area contributed by atoms with Crippen LogP contribution in [0.15, 0.2) is 30.3 Å². The van der Waals surface area contributed by atoms with Gasteiger partial charge in [-0.05, 0) is 19.0 Å². The average molecular weight is 286 g/mol. The molecule has 5 heteroatoms. The first kappa shape index (κ1) is 15.3. The van der Waals surface area contributed by atoms with Crippen LogP contribution in [0.5, 0.6) is 0 Å². The van der Waals surface area contributed by atoms with Crippen molar-refractivity contribution in [1.82, 2.24) is 0 Å². The number of hydrogen-bond acceptors (Lipinski definition) is 1. The number of halogens is 3. The highest BCUT2D eigenvalue weighted by atomic mass is 35.8. The highest BCUT2D eigenvalue weighted by molar-refractivity contribution is 7.69. The second-order valence-electron chi connectivity index (χ2n) is 2.65. The average Bonchev–Trinajstić information content (AvgIpc) is 2.20. The van der Waals surface area contributed by atoms with E-state index in [1.807, 2.05) is 44.2 Å². The van der Waals surface area contributed by atoms with Gasteiger partial charge in [0.05, 0.1) is 0 Å². The summed E-state index contributed by atoms with van der Waals surface area (Å²) in [5.74, 6) is 0. The summed E-state index contributed by atoms with van der Waals surface area (Å²) in [6, 6.07) is 6.68. The van der Waals surface area contributed by atoms with Crippen molar-refractivity contribution in [1.29, 1.82) is 0 Å². The van der Waals surface area contributed by atoms with E-state index in [0.29, 0.717) is 0 Å². The highest BCUT2D eigenvalue weighted by Crippen LogP contribution is 2.18. The second kappa shape index (κ2) is 8.42. The Labute approximate surface area is 106 Å². The highest BCUT2D eigenvalue weighted by Gasteiger charge is 2.26. The molecule has 0 N–H and O–H groups in total. The molecule has 1 aromatic rings. The van der Waals surface area contributed by atoms with Crippen LogP contribution in [-0.4, -0.2) is 19.2 Å². The van der Waals surface area contributed by atoms with Crippen molar-refractivity contribution in [3.8, 4) is 0 Å². The molecule has 0 radical (unpaired) electrons. The SMILES string of the molecule is CCOCC.Cl[Si](Cl)(Cl)c1ccccc1. The van der Waals surface area contributed by atoms with Crippen LogP contribution in [0, 0.1) is 0 Å². The lowest BCUT2D eigenvalue weighted by Crippen LogP contribution is -2.29. The van der Waals surface area contributed by atoms with E-state index in [1.54, 1.807) is 0 Å². The van der Waals surface area contributed by atoms with Crippen molar-refractivity contribution < 1.29 is 4.74 Å². The van der Waals surface area contributed by atoms with Gasteiger partial charge in [0, 0.05) is 13.2 Å². The van der Waals surface area contributed by atoms with Crippen LogP contribution in [0.1, 0.15) is 13.8 Å². The molecule has 0 saturated carbocycles. The van der Waals surface area contributed by atoms with Crippen molar-refractivity contribution in [2.45, 2.75) is 13.8 Å². The van der Waals surface area contributed by atoms with Gasteiger partial charge in [0.25, 0.3) is 0 Å². The molecule has 0 unspecified atom stereocenters. The molecular formula is C10H15Cl3OSi. The van der Waals surface area contributed by atoms with E-state index in [1.165, 1.54) is 0 Å². The third kappa shape index (κ3) is 8.11. The Morgan fingerprint density at radius 3 is 1.67 bits per heavy atom. The van der Waals surface area contributed by atoms with Gasteiger partial charge in [0.15, 0.2) is 0 Å². The van der Waals surface area contributed by atoms with Crippen LogP contribution < -0.4 is 5.19 Å². The lowest BCUT2D eigenvalue weighted by molar-refractivity contribution is 0.162. The number of benzene rings is 1. The maximum absolute atomic E-state index is 5.73. The molecule has 0 aliphatic heterocycles. The largest absolute Gasteiger partial charge is 0.382 e. The van der Waals surface area contributed by atoms with E-state index >= 15 is 0 Å². The summed E-state index contributed by atoms with van der Waals surface area (Å²) in [6.45, 7) is 5.67. The maximum Gasteiger partial charge on any atom is 0.372 e. The molecular weight excluding hydrogens is 271 g/mol. The van der Waals surface area contributed by atoms with Crippen molar-refractivity contribution in [3.63, 3.8) is 0 Å². The van der Waals surface area contributed by atoms with Crippen LogP contribution in [0.2, 0.25) is 0 Å². The Bertz CT molecular complexity index is 247. The number of ether oxygens (including phenoxy) is 1. The maximum atomic E-state index is 5.73. The summed E-state index contributed by atoms with van der Waals surface area (Å²) in [5, 5.41) is 0.833. The van der Waals surface area contributed by atoms with Gasteiger partial charge in [-0.2, -0.15) is 0 Å². The Morgan fingerprint density at radius 1 is 1.00 bits per heavy atom. The molecule has 0 aromatic heterocycles. The van der Waals surface area contributed by atoms with Gasteiger partial charge < -0.3 is 4.74 Å². The van der Waals surface area contributed by atoms with Crippen LogP contribution >= 0.6 is 33.2 Å². The third-order valence-electron chi connectivity index (χ3n) is 1.51. The van der Waals surface area contributed by atoms with Crippen molar-refractivity contribution in [3.05, 3.63) is 30.3 Å². The molecule has 1 aromatic carbocycles. The third-order valence-corrected chi connectivity index (χ3v) is 4.46. The summed E-state index contributed by atoms with van der Waals surface area (Å²) in [7, 11) is 0. The Kier molecular flexibility index (Phi) is 8.57. The first-order valence-corrected chi connectivity index (χ1v) is 9.75. The molecule has 0 aliphatic carbocycles. The lowest BCUT2D eigenvalue weighted by atomic mass is 10.4. The quantitative estimate of drug-likeness (QED) is 0.609. The van der Waals surface area contributed by atoms with Crippen LogP contribution in [0.3, 0.4) is 0 Å². The molecule has 15 heavy (non-hydrogen) atoms. The van der Waals surface area contributed by atoms with Crippen LogP contribution in [0.25, 0.3) is 0 Å². The molecule has 0 heterocycles. The zero-order valence-electron chi connectivity index (χ0n) is 8.84. The Morgan fingerprint density at radius 2 is 1.47 bits per heavy atom. The molecule has 0 amide bonds. The van der Waals surface area contributed by atoms with Gasteiger partial charge in [-0.25, -0.2) is 0 Å². The van der Waals surface area contributed by atoms with E-state index < -0.39 is 6.00 Å². The van der Waals surface area contributed by atoms with Crippen molar-refractivity contribution >= 4 is 44.4 Å². The smallest absolute Gasteiger partial charge is 0.372 e.